The molecule has 164 valence electrons. The number of carbonyl (C=O) groups is 1. The van der Waals surface area contributed by atoms with Crippen molar-refractivity contribution in [3.8, 4) is 11.5 Å². The summed E-state index contributed by atoms with van der Waals surface area (Å²) < 4.78 is 36.8. The van der Waals surface area contributed by atoms with Crippen LogP contribution in [0.3, 0.4) is 0 Å². The van der Waals surface area contributed by atoms with E-state index in [2.05, 4.69) is 5.32 Å². The van der Waals surface area contributed by atoms with Crippen LogP contribution in [0.4, 0.5) is 5.69 Å². The highest BCUT2D eigenvalue weighted by Crippen LogP contribution is 2.30. The molecular formula is C22H30N2O5S. The fraction of sp³-hybridized carbons (Fsp3) is 0.409. The first-order valence-corrected chi connectivity index (χ1v) is 11.4. The van der Waals surface area contributed by atoms with Crippen LogP contribution in [0.5, 0.6) is 11.5 Å². The molecule has 0 aliphatic rings. The molecule has 0 aliphatic heterocycles. The van der Waals surface area contributed by atoms with Crippen LogP contribution in [0.2, 0.25) is 0 Å². The summed E-state index contributed by atoms with van der Waals surface area (Å²) in [4.78, 5) is 13.0. The number of carbonyl (C=O) groups excluding carboxylic acids is 1. The Kier molecular flexibility index (Phi) is 7.36. The van der Waals surface area contributed by atoms with E-state index in [4.69, 9.17) is 9.47 Å². The fourth-order valence-electron chi connectivity index (χ4n) is 3.43. The van der Waals surface area contributed by atoms with Gasteiger partial charge < -0.3 is 14.8 Å². The maximum absolute atomic E-state index is 13.0. The first-order valence-electron chi connectivity index (χ1n) is 9.58. The molecule has 2 aromatic carbocycles. The largest absolute Gasteiger partial charge is 0.493 e. The van der Waals surface area contributed by atoms with Crippen LogP contribution >= 0.6 is 0 Å². The Balaban J connectivity index is 2.29. The van der Waals surface area contributed by atoms with Crippen molar-refractivity contribution in [3.05, 3.63) is 53.1 Å². The van der Waals surface area contributed by atoms with E-state index in [0.717, 1.165) is 27.3 Å². The molecule has 0 heterocycles. The number of sulfonamides is 1. The van der Waals surface area contributed by atoms with E-state index in [-0.39, 0.29) is 6.04 Å². The van der Waals surface area contributed by atoms with Crippen molar-refractivity contribution < 1.29 is 22.7 Å². The third kappa shape index (κ3) is 5.44. The summed E-state index contributed by atoms with van der Waals surface area (Å²) in [6.07, 6.45) is 1.10. The quantitative estimate of drug-likeness (QED) is 0.689. The lowest BCUT2D eigenvalue weighted by Crippen LogP contribution is -2.48. The average molecular weight is 435 g/mol. The zero-order chi connectivity index (χ0) is 22.6. The van der Waals surface area contributed by atoms with Crippen LogP contribution in [0.1, 0.15) is 36.6 Å². The van der Waals surface area contributed by atoms with E-state index in [1.807, 2.05) is 32.9 Å². The molecule has 0 spiro atoms. The molecule has 8 heteroatoms. The van der Waals surface area contributed by atoms with Crippen LogP contribution in [-0.4, -0.2) is 40.8 Å². The van der Waals surface area contributed by atoms with Gasteiger partial charge in [-0.3, -0.25) is 9.10 Å². The smallest absolute Gasteiger partial charge is 0.244 e. The van der Waals surface area contributed by atoms with Gasteiger partial charge in [0.1, 0.15) is 6.04 Å². The number of nitrogens with zero attached hydrogens (tertiary/aromatic N) is 1. The Labute approximate surface area is 179 Å². The lowest BCUT2D eigenvalue weighted by Gasteiger charge is -2.30. The van der Waals surface area contributed by atoms with E-state index >= 15 is 0 Å². The second-order valence-corrected chi connectivity index (χ2v) is 9.28. The van der Waals surface area contributed by atoms with Crippen molar-refractivity contribution in [1.29, 1.82) is 0 Å². The molecule has 2 atom stereocenters. The minimum atomic E-state index is -3.68. The standard InChI is InChI=1S/C22H30N2O5S/c1-14-10-15(2)12-19(11-14)24(30(7,26)27)17(4)22(25)23-16(3)18-8-9-20(28-5)21(13-18)29-6/h8-13,16-17H,1-7H3,(H,23,25). The van der Waals surface area contributed by atoms with E-state index in [0.29, 0.717) is 17.2 Å². The molecule has 1 N–H and O–H groups in total. The van der Waals surface area contributed by atoms with Gasteiger partial charge in [-0.2, -0.15) is 0 Å². The predicted molar refractivity (Wildman–Crippen MR) is 119 cm³/mol. The number of nitrogens with one attached hydrogen (secondary N) is 1. The van der Waals surface area contributed by atoms with Gasteiger partial charge in [0.25, 0.3) is 0 Å². The zero-order valence-corrected chi connectivity index (χ0v) is 19.3. The van der Waals surface area contributed by atoms with Gasteiger partial charge in [0.05, 0.1) is 32.2 Å². The van der Waals surface area contributed by atoms with Gasteiger partial charge in [0, 0.05) is 0 Å². The number of benzene rings is 2. The molecule has 30 heavy (non-hydrogen) atoms. The SMILES string of the molecule is COc1ccc(C(C)NC(=O)C(C)N(c2cc(C)cc(C)c2)S(C)(=O)=O)cc1OC. The lowest BCUT2D eigenvalue weighted by molar-refractivity contribution is -0.122. The summed E-state index contributed by atoms with van der Waals surface area (Å²) >= 11 is 0. The monoisotopic (exact) mass is 434 g/mol. The van der Waals surface area contributed by atoms with Gasteiger partial charge in [-0.25, -0.2) is 8.42 Å². The number of methoxy groups -OCH3 is 2. The summed E-state index contributed by atoms with van der Waals surface area (Å²) in [5.41, 5.74) is 3.12. The van der Waals surface area contributed by atoms with Crippen molar-refractivity contribution in [2.75, 3.05) is 24.8 Å². The summed E-state index contributed by atoms with van der Waals surface area (Å²) in [7, 11) is -0.585. The Morgan fingerprint density at radius 1 is 0.967 bits per heavy atom. The lowest BCUT2D eigenvalue weighted by atomic mass is 10.1. The highest BCUT2D eigenvalue weighted by atomic mass is 32.2. The fourth-order valence-corrected chi connectivity index (χ4v) is 4.58. The van der Waals surface area contributed by atoms with Gasteiger partial charge in [-0.15, -0.1) is 0 Å². The van der Waals surface area contributed by atoms with Gasteiger partial charge in [0.2, 0.25) is 15.9 Å². The van der Waals surface area contributed by atoms with Crippen molar-refractivity contribution in [1.82, 2.24) is 5.32 Å². The van der Waals surface area contributed by atoms with Gasteiger partial charge in [-0.05, 0) is 68.7 Å². The molecule has 0 bridgehead atoms. The number of hydrogen-bond acceptors (Lipinski definition) is 5. The van der Waals surface area contributed by atoms with Crippen molar-refractivity contribution in [2.45, 2.75) is 39.8 Å². The molecule has 2 unspecified atom stereocenters. The highest BCUT2D eigenvalue weighted by Gasteiger charge is 2.30. The third-order valence-corrected chi connectivity index (χ3v) is 6.06. The van der Waals surface area contributed by atoms with Crippen molar-refractivity contribution in [3.63, 3.8) is 0 Å². The minimum absolute atomic E-state index is 0.361. The van der Waals surface area contributed by atoms with E-state index in [1.165, 1.54) is 0 Å². The molecule has 0 radical (unpaired) electrons. The number of anilines is 1. The first-order chi connectivity index (χ1) is 14.0. The van der Waals surface area contributed by atoms with Gasteiger partial charge in [0.15, 0.2) is 11.5 Å². The van der Waals surface area contributed by atoms with Gasteiger partial charge in [-0.1, -0.05) is 12.1 Å². The number of hydrogen-bond donors (Lipinski definition) is 1. The number of amides is 1. The molecular weight excluding hydrogens is 404 g/mol. The Hall–Kier alpha value is -2.74. The molecule has 0 aromatic heterocycles. The first kappa shape index (κ1) is 23.5. The summed E-state index contributed by atoms with van der Waals surface area (Å²) in [5, 5.41) is 2.89. The van der Waals surface area contributed by atoms with Crippen LogP contribution in [0.25, 0.3) is 0 Å². The minimum Gasteiger partial charge on any atom is -0.493 e. The number of aryl methyl sites for hydroxylation is 2. The second kappa shape index (κ2) is 9.38. The Morgan fingerprint density at radius 3 is 2.03 bits per heavy atom. The van der Waals surface area contributed by atoms with Crippen LogP contribution in [0.15, 0.2) is 36.4 Å². The summed E-state index contributed by atoms with van der Waals surface area (Å²) in [6, 6.07) is 9.56. The van der Waals surface area contributed by atoms with Crippen LogP contribution in [-0.2, 0) is 14.8 Å². The van der Waals surface area contributed by atoms with E-state index in [1.54, 1.807) is 45.4 Å². The molecule has 7 nitrogen and oxygen atoms in total. The second-order valence-electron chi connectivity index (χ2n) is 7.43. The molecule has 1 amide bonds. The molecule has 0 fully saturated rings. The van der Waals surface area contributed by atoms with Gasteiger partial charge >= 0.3 is 0 Å². The molecule has 2 aromatic rings. The highest BCUT2D eigenvalue weighted by molar-refractivity contribution is 7.92. The molecule has 2 rings (SSSR count). The van der Waals surface area contributed by atoms with E-state index < -0.39 is 22.0 Å². The Morgan fingerprint density at radius 2 is 1.53 bits per heavy atom. The van der Waals surface area contributed by atoms with Crippen molar-refractivity contribution in [2.24, 2.45) is 0 Å². The molecule has 0 saturated carbocycles. The predicted octanol–water partition coefficient (Wildman–Crippen LogP) is 3.35. The topological polar surface area (TPSA) is 84.9 Å². The van der Waals surface area contributed by atoms with Crippen LogP contribution < -0.4 is 19.1 Å². The normalized spacial score (nSPS) is 13.3. The average Bonchev–Trinajstić information content (AvgIpc) is 2.65. The summed E-state index contributed by atoms with van der Waals surface area (Å²) in [5.74, 6) is 0.741. The third-order valence-electron chi connectivity index (χ3n) is 4.82. The number of ether oxygens (including phenoxy) is 2. The molecule has 0 saturated heterocycles. The van der Waals surface area contributed by atoms with Crippen LogP contribution in [0, 0.1) is 13.8 Å². The maximum Gasteiger partial charge on any atom is 0.244 e. The summed E-state index contributed by atoms with van der Waals surface area (Å²) in [6.45, 7) is 7.19. The van der Waals surface area contributed by atoms with E-state index in [9.17, 15) is 13.2 Å². The molecule has 0 aliphatic carbocycles. The number of rotatable bonds is 8. The zero-order valence-electron chi connectivity index (χ0n) is 18.5. The Bertz CT molecular complexity index is 1000. The maximum atomic E-state index is 13.0. The van der Waals surface area contributed by atoms with Crippen molar-refractivity contribution >= 4 is 21.6 Å².